The van der Waals surface area contributed by atoms with E-state index in [1.54, 1.807) is 31.2 Å². The summed E-state index contributed by atoms with van der Waals surface area (Å²) < 4.78 is 39.4. The summed E-state index contributed by atoms with van der Waals surface area (Å²) in [7, 11) is -3.92. The van der Waals surface area contributed by atoms with Crippen LogP contribution in [-0.4, -0.2) is 50.5 Å². The lowest BCUT2D eigenvalue weighted by Crippen LogP contribution is -2.51. The van der Waals surface area contributed by atoms with Crippen molar-refractivity contribution in [3.8, 4) is 0 Å². The van der Waals surface area contributed by atoms with E-state index >= 15 is 0 Å². The Morgan fingerprint density at radius 1 is 1.15 bits per heavy atom. The van der Waals surface area contributed by atoms with E-state index in [0.717, 1.165) is 29.5 Å². The third kappa shape index (κ3) is 7.71. The second-order valence-electron chi connectivity index (χ2n) is 7.68. The first-order valence-corrected chi connectivity index (χ1v) is 12.8. The zero-order valence-corrected chi connectivity index (χ0v) is 20.5. The van der Waals surface area contributed by atoms with Crippen molar-refractivity contribution >= 4 is 39.1 Å². The van der Waals surface area contributed by atoms with Gasteiger partial charge in [0.25, 0.3) is 0 Å². The van der Waals surface area contributed by atoms with E-state index in [-0.39, 0.29) is 18.1 Å². The van der Waals surface area contributed by atoms with Gasteiger partial charge in [0.1, 0.15) is 18.4 Å². The van der Waals surface area contributed by atoms with E-state index < -0.39 is 34.3 Å². The van der Waals surface area contributed by atoms with Crippen LogP contribution >= 0.6 is 11.6 Å². The fourth-order valence-corrected chi connectivity index (χ4v) is 4.21. The summed E-state index contributed by atoms with van der Waals surface area (Å²) in [6, 6.07) is 11.0. The monoisotopic (exact) mass is 497 g/mol. The Morgan fingerprint density at radius 2 is 1.85 bits per heavy atom. The lowest BCUT2D eigenvalue weighted by molar-refractivity contribution is -0.139. The minimum Gasteiger partial charge on any atom is -0.354 e. The standard InChI is InChI=1S/C23H29ClFN3O4S/c1-4-5-13-26-23(30)17(2)27(15-18-9-6-7-12-21(18)24)22(29)16-28(33(3,31)32)20-11-8-10-19(25)14-20/h6-12,14,17H,4-5,13,15-16H2,1-3H3,(H,26,30). The maximum absolute atomic E-state index is 13.7. The Kier molecular flexibility index (Phi) is 9.67. The smallest absolute Gasteiger partial charge is 0.244 e. The number of halogens is 2. The van der Waals surface area contributed by atoms with Gasteiger partial charge < -0.3 is 10.2 Å². The lowest BCUT2D eigenvalue weighted by Gasteiger charge is -2.31. The maximum atomic E-state index is 13.7. The van der Waals surface area contributed by atoms with Crippen molar-refractivity contribution in [2.75, 3.05) is 23.7 Å². The quantitative estimate of drug-likeness (QED) is 0.481. The number of hydrogen-bond acceptors (Lipinski definition) is 4. The van der Waals surface area contributed by atoms with E-state index in [2.05, 4.69) is 5.32 Å². The number of unbranched alkanes of at least 4 members (excludes halogenated alkanes) is 1. The normalized spacial score (nSPS) is 12.2. The molecular weight excluding hydrogens is 469 g/mol. The summed E-state index contributed by atoms with van der Waals surface area (Å²) >= 11 is 6.26. The van der Waals surface area contributed by atoms with Crippen LogP contribution in [0.25, 0.3) is 0 Å². The molecule has 0 saturated carbocycles. The maximum Gasteiger partial charge on any atom is 0.244 e. The van der Waals surface area contributed by atoms with E-state index in [9.17, 15) is 22.4 Å². The fraction of sp³-hybridized carbons (Fsp3) is 0.391. The van der Waals surface area contributed by atoms with E-state index in [1.165, 1.54) is 23.1 Å². The van der Waals surface area contributed by atoms with Gasteiger partial charge in [0.05, 0.1) is 11.9 Å². The van der Waals surface area contributed by atoms with Gasteiger partial charge in [-0.2, -0.15) is 0 Å². The Balaban J connectivity index is 2.36. The Hall–Kier alpha value is -2.65. The molecule has 2 rings (SSSR count). The minimum atomic E-state index is -3.92. The summed E-state index contributed by atoms with van der Waals surface area (Å²) in [4.78, 5) is 27.3. The molecule has 2 amide bonds. The largest absolute Gasteiger partial charge is 0.354 e. The third-order valence-electron chi connectivity index (χ3n) is 5.07. The molecule has 0 saturated heterocycles. The van der Waals surface area contributed by atoms with Crippen LogP contribution in [0.1, 0.15) is 32.3 Å². The molecule has 0 aliphatic carbocycles. The molecule has 2 aromatic carbocycles. The molecule has 0 aromatic heterocycles. The summed E-state index contributed by atoms with van der Waals surface area (Å²) in [6.45, 7) is 3.44. The van der Waals surface area contributed by atoms with Crippen LogP contribution < -0.4 is 9.62 Å². The average molecular weight is 498 g/mol. The van der Waals surface area contributed by atoms with Crippen LogP contribution in [0.2, 0.25) is 5.02 Å². The number of rotatable bonds is 11. The van der Waals surface area contributed by atoms with Crippen molar-refractivity contribution < 1.29 is 22.4 Å². The molecule has 180 valence electrons. The highest BCUT2D eigenvalue weighted by atomic mass is 35.5. The topological polar surface area (TPSA) is 86.8 Å². The zero-order chi connectivity index (χ0) is 24.6. The van der Waals surface area contributed by atoms with Crippen LogP contribution in [0.5, 0.6) is 0 Å². The van der Waals surface area contributed by atoms with Gasteiger partial charge in [0, 0.05) is 18.1 Å². The van der Waals surface area contributed by atoms with Crippen LogP contribution in [0.15, 0.2) is 48.5 Å². The Morgan fingerprint density at radius 3 is 2.45 bits per heavy atom. The Bertz CT molecular complexity index is 1080. The predicted molar refractivity (Wildman–Crippen MR) is 128 cm³/mol. The second kappa shape index (κ2) is 12.0. The van der Waals surface area contributed by atoms with Gasteiger partial charge >= 0.3 is 0 Å². The van der Waals surface area contributed by atoms with Crippen molar-refractivity contribution in [3.63, 3.8) is 0 Å². The number of nitrogens with zero attached hydrogens (tertiary/aromatic N) is 2. The molecule has 2 aromatic rings. The fourth-order valence-electron chi connectivity index (χ4n) is 3.17. The first-order valence-electron chi connectivity index (χ1n) is 10.6. The zero-order valence-electron chi connectivity index (χ0n) is 18.9. The highest BCUT2D eigenvalue weighted by Crippen LogP contribution is 2.22. The number of carbonyl (C=O) groups is 2. The second-order valence-corrected chi connectivity index (χ2v) is 10.00. The predicted octanol–water partition coefficient (Wildman–Crippen LogP) is 3.58. The number of carbonyl (C=O) groups excluding carboxylic acids is 2. The number of benzene rings is 2. The first kappa shape index (κ1) is 26.6. The first-order chi connectivity index (χ1) is 15.5. The Labute approximate surface area is 199 Å². The van der Waals surface area contributed by atoms with Gasteiger partial charge in [-0.15, -0.1) is 0 Å². The molecule has 0 heterocycles. The van der Waals surface area contributed by atoms with Crippen LogP contribution in [0.3, 0.4) is 0 Å². The van der Waals surface area contributed by atoms with Gasteiger partial charge in [-0.1, -0.05) is 49.2 Å². The van der Waals surface area contributed by atoms with Gasteiger partial charge in [-0.3, -0.25) is 13.9 Å². The molecule has 7 nitrogen and oxygen atoms in total. The molecule has 1 N–H and O–H groups in total. The summed E-state index contributed by atoms with van der Waals surface area (Å²) in [5, 5.41) is 3.21. The minimum absolute atomic E-state index is 0.00161. The molecule has 0 aliphatic rings. The average Bonchev–Trinajstić information content (AvgIpc) is 2.75. The molecule has 0 fully saturated rings. The molecule has 0 bridgehead atoms. The number of hydrogen-bond donors (Lipinski definition) is 1. The SMILES string of the molecule is CCCCNC(=O)C(C)N(Cc1ccccc1Cl)C(=O)CN(c1cccc(F)c1)S(C)(=O)=O. The van der Waals surface area contributed by atoms with E-state index in [1.807, 2.05) is 6.92 Å². The van der Waals surface area contributed by atoms with E-state index in [4.69, 9.17) is 11.6 Å². The number of anilines is 1. The molecule has 33 heavy (non-hydrogen) atoms. The van der Waals surface area contributed by atoms with Crippen molar-refractivity contribution in [1.82, 2.24) is 10.2 Å². The highest BCUT2D eigenvalue weighted by Gasteiger charge is 2.30. The molecule has 10 heteroatoms. The number of sulfonamides is 1. The van der Waals surface area contributed by atoms with Crippen LogP contribution in [-0.2, 0) is 26.2 Å². The van der Waals surface area contributed by atoms with Gasteiger partial charge in [0.2, 0.25) is 21.8 Å². The molecule has 1 unspecified atom stereocenters. The molecule has 0 spiro atoms. The molecule has 1 atom stereocenters. The van der Waals surface area contributed by atoms with Crippen LogP contribution in [0.4, 0.5) is 10.1 Å². The summed E-state index contributed by atoms with van der Waals surface area (Å²) in [5.74, 6) is -1.62. The third-order valence-corrected chi connectivity index (χ3v) is 6.58. The van der Waals surface area contributed by atoms with Gasteiger partial charge in [0.15, 0.2) is 0 Å². The number of nitrogens with one attached hydrogen (secondary N) is 1. The summed E-state index contributed by atoms with van der Waals surface area (Å²) in [6.07, 6.45) is 2.62. The van der Waals surface area contributed by atoms with Gasteiger partial charge in [-0.25, -0.2) is 12.8 Å². The van der Waals surface area contributed by atoms with Crippen molar-refractivity contribution in [1.29, 1.82) is 0 Å². The molecular formula is C23H29ClFN3O4S. The van der Waals surface area contributed by atoms with Crippen molar-refractivity contribution in [3.05, 3.63) is 64.9 Å². The van der Waals surface area contributed by atoms with Crippen molar-refractivity contribution in [2.24, 2.45) is 0 Å². The summed E-state index contributed by atoms with van der Waals surface area (Å²) in [5.41, 5.74) is 0.626. The number of amides is 2. The highest BCUT2D eigenvalue weighted by molar-refractivity contribution is 7.92. The lowest BCUT2D eigenvalue weighted by atomic mass is 10.1. The van der Waals surface area contributed by atoms with E-state index in [0.29, 0.717) is 17.1 Å². The van der Waals surface area contributed by atoms with Gasteiger partial charge in [-0.05, 0) is 43.2 Å². The van der Waals surface area contributed by atoms with Crippen molar-refractivity contribution in [2.45, 2.75) is 39.3 Å². The van der Waals surface area contributed by atoms with Crippen LogP contribution in [0, 0.1) is 5.82 Å². The molecule has 0 radical (unpaired) electrons. The molecule has 0 aliphatic heterocycles.